The highest BCUT2D eigenvalue weighted by Crippen LogP contribution is 2.36. The molecule has 0 aliphatic heterocycles. The zero-order valence-corrected chi connectivity index (χ0v) is 20.5. The van der Waals surface area contributed by atoms with Gasteiger partial charge in [0.1, 0.15) is 17.0 Å². The monoisotopic (exact) mass is 486 g/mol. The Morgan fingerprint density at radius 2 is 1.08 bits per heavy atom. The summed E-state index contributed by atoms with van der Waals surface area (Å²) in [6.07, 6.45) is 0. The zero-order chi connectivity index (χ0) is 25.1. The van der Waals surface area contributed by atoms with Crippen molar-refractivity contribution < 1.29 is 4.42 Å². The largest absolute Gasteiger partial charge is 0.456 e. The van der Waals surface area contributed by atoms with Gasteiger partial charge in [-0.15, -0.1) is 0 Å². The molecule has 3 heteroatoms. The van der Waals surface area contributed by atoms with Crippen LogP contribution in [0.3, 0.4) is 0 Å². The summed E-state index contributed by atoms with van der Waals surface area (Å²) < 4.78 is 8.50. The summed E-state index contributed by atoms with van der Waals surface area (Å²) in [5.74, 6) is 0.892. The Balaban J connectivity index is 1.41. The van der Waals surface area contributed by atoms with Crippen molar-refractivity contribution in [3.63, 3.8) is 0 Å². The van der Waals surface area contributed by atoms with Crippen molar-refractivity contribution in [3.8, 4) is 28.2 Å². The molecule has 0 atom stereocenters. The molecule has 0 spiro atoms. The minimum Gasteiger partial charge on any atom is -0.456 e. The van der Waals surface area contributed by atoms with Gasteiger partial charge in [0.15, 0.2) is 0 Å². The SMILES string of the molecule is c1ccc(-c2cc(-c3ccc4c(c3)oc3ccccc34)cc(-n3c4ccccc4c4ccccc43)n2)cc1. The van der Waals surface area contributed by atoms with Crippen LogP contribution in [-0.4, -0.2) is 9.55 Å². The number of aromatic nitrogens is 2. The van der Waals surface area contributed by atoms with E-state index < -0.39 is 0 Å². The normalized spacial score (nSPS) is 11.7. The van der Waals surface area contributed by atoms with E-state index in [1.54, 1.807) is 0 Å². The number of hydrogen-bond donors (Lipinski definition) is 0. The molecule has 0 saturated carbocycles. The van der Waals surface area contributed by atoms with Crippen LogP contribution in [0.4, 0.5) is 0 Å². The summed E-state index contributed by atoms with van der Waals surface area (Å²) in [5, 5.41) is 4.71. The second kappa shape index (κ2) is 8.19. The summed E-state index contributed by atoms with van der Waals surface area (Å²) in [5.41, 5.74) is 8.29. The first kappa shape index (κ1) is 21.0. The van der Waals surface area contributed by atoms with Crippen LogP contribution in [0.25, 0.3) is 71.9 Å². The first-order valence-corrected chi connectivity index (χ1v) is 12.8. The molecular weight excluding hydrogens is 464 g/mol. The first-order chi connectivity index (χ1) is 18.8. The molecule has 38 heavy (non-hydrogen) atoms. The van der Waals surface area contributed by atoms with Gasteiger partial charge in [0.25, 0.3) is 0 Å². The Hall–Kier alpha value is -5.15. The summed E-state index contributed by atoms with van der Waals surface area (Å²) in [7, 11) is 0. The fourth-order valence-corrected chi connectivity index (χ4v) is 5.63. The van der Waals surface area contributed by atoms with E-state index in [0.717, 1.165) is 61.2 Å². The third-order valence-electron chi connectivity index (χ3n) is 7.40. The van der Waals surface area contributed by atoms with E-state index >= 15 is 0 Å². The molecule has 0 aliphatic carbocycles. The van der Waals surface area contributed by atoms with E-state index in [1.165, 1.54) is 10.8 Å². The van der Waals surface area contributed by atoms with Gasteiger partial charge >= 0.3 is 0 Å². The number of benzene rings is 5. The Morgan fingerprint density at radius 1 is 0.447 bits per heavy atom. The molecule has 0 aliphatic rings. The fourth-order valence-electron chi connectivity index (χ4n) is 5.63. The fraction of sp³-hybridized carbons (Fsp3) is 0. The van der Waals surface area contributed by atoms with Gasteiger partial charge in [0, 0.05) is 27.1 Å². The molecule has 0 radical (unpaired) electrons. The number of rotatable bonds is 3. The van der Waals surface area contributed by atoms with Crippen molar-refractivity contribution in [2.24, 2.45) is 0 Å². The second-order valence-electron chi connectivity index (χ2n) is 9.64. The Bertz CT molecular complexity index is 2080. The molecule has 8 rings (SSSR count). The summed E-state index contributed by atoms with van der Waals surface area (Å²) >= 11 is 0. The van der Waals surface area contributed by atoms with Crippen molar-refractivity contribution in [1.29, 1.82) is 0 Å². The summed E-state index contributed by atoms with van der Waals surface area (Å²) in [6.45, 7) is 0. The van der Waals surface area contributed by atoms with Crippen molar-refractivity contribution in [1.82, 2.24) is 9.55 Å². The molecule has 0 N–H and O–H groups in total. The third kappa shape index (κ3) is 3.19. The second-order valence-corrected chi connectivity index (χ2v) is 9.64. The van der Waals surface area contributed by atoms with Crippen LogP contribution in [0.15, 0.2) is 138 Å². The van der Waals surface area contributed by atoms with Gasteiger partial charge in [0.05, 0.1) is 16.7 Å². The van der Waals surface area contributed by atoms with Crippen molar-refractivity contribution in [2.45, 2.75) is 0 Å². The van der Waals surface area contributed by atoms with Gasteiger partial charge in [-0.1, -0.05) is 91.0 Å². The molecule has 0 saturated heterocycles. The number of furan rings is 1. The van der Waals surface area contributed by atoms with E-state index in [2.05, 4.69) is 120 Å². The van der Waals surface area contributed by atoms with Crippen LogP contribution < -0.4 is 0 Å². The third-order valence-corrected chi connectivity index (χ3v) is 7.40. The lowest BCUT2D eigenvalue weighted by molar-refractivity contribution is 0.669. The number of nitrogens with zero attached hydrogens (tertiary/aromatic N) is 2. The Morgan fingerprint density at radius 3 is 1.84 bits per heavy atom. The molecule has 178 valence electrons. The van der Waals surface area contributed by atoms with Gasteiger partial charge in [-0.25, -0.2) is 4.98 Å². The number of fused-ring (bicyclic) bond motifs is 6. The molecule has 3 nitrogen and oxygen atoms in total. The summed E-state index contributed by atoms with van der Waals surface area (Å²) in [6, 6.07) is 46.6. The first-order valence-electron chi connectivity index (χ1n) is 12.8. The molecule has 3 heterocycles. The van der Waals surface area contributed by atoms with Gasteiger partial charge in [-0.2, -0.15) is 0 Å². The number of pyridine rings is 1. The molecule has 8 aromatic rings. The smallest absolute Gasteiger partial charge is 0.138 e. The molecule has 3 aromatic heterocycles. The van der Waals surface area contributed by atoms with Crippen LogP contribution in [0.1, 0.15) is 0 Å². The van der Waals surface area contributed by atoms with Crippen LogP contribution in [-0.2, 0) is 0 Å². The highest BCUT2D eigenvalue weighted by molar-refractivity contribution is 6.09. The molecule has 0 fully saturated rings. The predicted octanol–water partition coefficient (Wildman–Crippen LogP) is 9.41. The van der Waals surface area contributed by atoms with Crippen molar-refractivity contribution in [2.75, 3.05) is 0 Å². The Kier molecular flexibility index (Phi) is 4.52. The van der Waals surface area contributed by atoms with E-state index in [0.29, 0.717) is 0 Å². The van der Waals surface area contributed by atoms with Crippen LogP contribution in [0.5, 0.6) is 0 Å². The molecular formula is C35H22N2O. The van der Waals surface area contributed by atoms with Gasteiger partial charge in [0.2, 0.25) is 0 Å². The summed E-state index contributed by atoms with van der Waals surface area (Å²) in [4.78, 5) is 5.21. The topological polar surface area (TPSA) is 31.0 Å². The van der Waals surface area contributed by atoms with Crippen LogP contribution >= 0.6 is 0 Å². The van der Waals surface area contributed by atoms with Crippen LogP contribution in [0.2, 0.25) is 0 Å². The van der Waals surface area contributed by atoms with Crippen molar-refractivity contribution in [3.05, 3.63) is 133 Å². The minimum absolute atomic E-state index is 0.889. The lowest BCUT2D eigenvalue weighted by Gasteiger charge is -2.13. The van der Waals surface area contributed by atoms with E-state index in [-0.39, 0.29) is 0 Å². The lowest BCUT2D eigenvalue weighted by atomic mass is 10.0. The van der Waals surface area contributed by atoms with E-state index in [9.17, 15) is 0 Å². The minimum atomic E-state index is 0.889. The molecule has 5 aromatic carbocycles. The van der Waals surface area contributed by atoms with Gasteiger partial charge < -0.3 is 4.42 Å². The maximum Gasteiger partial charge on any atom is 0.138 e. The molecule has 0 amide bonds. The number of para-hydroxylation sites is 3. The quantitative estimate of drug-likeness (QED) is 0.249. The molecule has 0 bridgehead atoms. The Labute approximate surface area is 219 Å². The molecule has 0 unspecified atom stereocenters. The maximum atomic E-state index is 6.23. The highest BCUT2D eigenvalue weighted by Gasteiger charge is 2.16. The maximum absolute atomic E-state index is 6.23. The average molecular weight is 487 g/mol. The van der Waals surface area contributed by atoms with Crippen LogP contribution in [0, 0.1) is 0 Å². The van der Waals surface area contributed by atoms with E-state index in [4.69, 9.17) is 9.40 Å². The highest BCUT2D eigenvalue weighted by atomic mass is 16.3. The van der Waals surface area contributed by atoms with Gasteiger partial charge in [-0.05, 0) is 53.6 Å². The van der Waals surface area contributed by atoms with Crippen molar-refractivity contribution >= 4 is 43.7 Å². The van der Waals surface area contributed by atoms with Gasteiger partial charge in [-0.3, -0.25) is 4.57 Å². The standard InChI is InChI=1S/C35H22N2O/c1-2-10-23(11-3-1)30-20-25(24-18-19-29-28-14-6-9-17-33(28)38-34(29)21-24)22-35(36-30)37-31-15-7-4-12-26(31)27-13-5-8-16-32(27)37/h1-22H. The predicted molar refractivity (Wildman–Crippen MR) is 157 cm³/mol. The zero-order valence-electron chi connectivity index (χ0n) is 20.5. The van der Waals surface area contributed by atoms with E-state index in [1.807, 2.05) is 18.2 Å². The number of hydrogen-bond acceptors (Lipinski definition) is 2. The average Bonchev–Trinajstić information content (AvgIpc) is 3.53. The lowest BCUT2D eigenvalue weighted by Crippen LogP contribution is -2.00.